The third kappa shape index (κ3) is 4.72. The second-order valence-electron chi connectivity index (χ2n) is 7.84. The third-order valence-corrected chi connectivity index (χ3v) is 5.13. The zero-order chi connectivity index (χ0) is 20.5. The number of carbonyl (C=O) groups is 1. The number of halogens is 3. The number of amides is 1. The van der Waals surface area contributed by atoms with Gasteiger partial charge in [-0.25, -0.2) is 0 Å². The van der Waals surface area contributed by atoms with Gasteiger partial charge in [0.15, 0.2) is 0 Å². The van der Waals surface area contributed by atoms with Crippen LogP contribution in [-0.2, 0) is 17.4 Å². The normalized spacial score (nSPS) is 17.4. The molecule has 0 bridgehead atoms. The summed E-state index contributed by atoms with van der Waals surface area (Å²) in [6.07, 6.45) is -2.88. The van der Waals surface area contributed by atoms with Crippen LogP contribution >= 0.6 is 0 Å². The maximum absolute atomic E-state index is 12.7. The largest absolute Gasteiger partial charge is 0.416 e. The Labute approximate surface area is 163 Å². The van der Waals surface area contributed by atoms with Crippen LogP contribution in [0.1, 0.15) is 54.3 Å². The number of hydrogen-bond acceptors (Lipinski definition) is 2. The van der Waals surface area contributed by atoms with E-state index in [4.69, 9.17) is 0 Å². The minimum absolute atomic E-state index is 0.0144. The van der Waals surface area contributed by atoms with Gasteiger partial charge in [-0.05, 0) is 55.2 Å². The van der Waals surface area contributed by atoms with E-state index in [0.29, 0.717) is 13.0 Å². The highest BCUT2D eigenvalue weighted by Crippen LogP contribution is 2.30. The molecule has 28 heavy (non-hydrogen) atoms. The van der Waals surface area contributed by atoms with E-state index in [1.54, 1.807) is 0 Å². The van der Waals surface area contributed by atoms with E-state index in [0.717, 1.165) is 47.6 Å². The van der Waals surface area contributed by atoms with E-state index in [2.05, 4.69) is 4.98 Å². The summed E-state index contributed by atoms with van der Waals surface area (Å²) < 4.78 is 38.2. The number of carbonyl (C=O) groups excluding carboxylic acids is 1. The van der Waals surface area contributed by atoms with Crippen molar-refractivity contribution in [3.05, 3.63) is 64.5 Å². The molecule has 0 unspecified atom stereocenters. The Balaban J connectivity index is 1.74. The molecule has 1 aliphatic heterocycles. The quantitative estimate of drug-likeness (QED) is 0.738. The van der Waals surface area contributed by atoms with E-state index in [1.807, 2.05) is 37.8 Å². The molecule has 0 radical (unpaired) electrons. The first-order chi connectivity index (χ1) is 13.1. The van der Waals surface area contributed by atoms with Crippen LogP contribution in [-0.4, -0.2) is 28.9 Å². The van der Waals surface area contributed by atoms with E-state index in [-0.39, 0.29) is 17.7 Å². The van der Waals surface area contributed by atoms with E-state index >= 15 is 0 Å². The summed E-state index contributed by atoms with van der Waals surface area (Å²) in [5, 5.41) is 0. The lowest BCUT2D eigenvalue weighted by molar-refractivity contribution is -0.137. The van der Waals surface area contributed by atoms with Crippen molar-refractivity contribution >= 4 is 5.91 Å². The first-order valence-corrected chi connectivity index (χ1v) is 9.56. The van der Waals surface area contributed by atoms with Crippen LogP contribution in [0.3, 0.4) is 0 Å². The van der Waals surface area contributed by atoms with Crippen molar-refractivity contribution in [2.75, 3.05) is 13.1 Å². The predicted molar refractivity (Wildman–Crippen MR) is 102 cm³/mol. The Morgan fingerprint density at radius 1 is 1.18 bits per heavy atom. The summed E-state index contributed by atoms with van der Waals surface area (Å²) in [5.41, 5.74) is 3.06. The first-order valence-electron chi connectivity index (χ1n) is 9.56. The van der Waals surface area contributed by atoms with Crippen molar-refractivity contribution in [1.29, 1.82) is 0 Å². The van der Waals surface area contributed by atoms with Crippen molar-refractivity contribution in [2.45, 2.75) is 45.7 Å². The summed E-state index contributed by atoms with van der Waals surface area (Å²) in [4.78, 5) is 18.8. The number of nitrogens with zero attached hydrogens (tertiary/aromatic N) is 2. The van der Waals surface area contributed by atoms with Crippen LogP contribution in [0, 0.1) is 12.8 Å². The zero-order valence-electron chi connectivity index (χ0n) is 16.4. The molecular formula is C22H25F3N2O. The molecule has 6 heteroatoms. The first kappa shape index (κ1) is 20.4. The highest BCUT2D eigenvalue weighted by Gasteiger charge is 2.30. The molecule has 1 atom stereocenters. The lowest BCUT2D eigenvalue weighted by Crippen LogP contribution is -2.32. The van der Waals surface area contributed by atoms with E-state index in [9.17, 15) is 18.0 Å². The molecule has 0 spiro atoms. The molecule has 3 nitrogen and oxygen atoms in total. The molecule has 1 amide bonds. The fraction of sp³-hybridized carbons (Fsp3) is 0.455. The molecule has 0 aliphatic carbocycles. The number of alkyl halides is 3. The summed E-state index contributed by atoms with van der Waals surface area (Å²) in [6.45, 7) is 7.15. The molecular weight excluding hydrogens is 365 g/mol. The van der Waals surface area contributed by atoms with Crippen LogP contribution in [0.5, 0.6) is 0 Å². The lowest BCUT2D eigenvalue weighted by Gasteiger charge is -2.19. The van der Waals surface area contributed by atoms with Crippen molar-refractivity contribution in [3.63, 3.8) is 0 Å². The summed E-state index contributed by atoms with van der Waals surface area (Å²) in [5.74, 6) is 0.355. The standard InChI is InChI=1S/C22H25F3N2O/c1-14(2)21(28)27-9-8-18(13-27)20-12-17(10-15(3)26-20)11-16-4-6-19(7-5-16)22(23,24)25/h4-7,10,12,14,18H,8-9,11,13H2,1-3H3/t18-/m1/s1. The molecule has 1 aliphatic rings. The number of aromatic nitrogens is 1. The molecule has 1 aromatic carbocycles. The van der Waals surface area contributed by atoms with Crippen LogP contribution in [0.15, 0.2) is 36.4 Å². The number of benzene rings is 1. The monoisotopic (exact) mass is 390 g/mol. The topological polar surface area (TPSA) is 33.2 Å². The predicted octanol–water partition coefficient (Wildman–Crippen LogP) is 4.97. The minimum atomic E-state index is -4.32. The average Bonchev–Trinajstić information content (AvgIpc) is 3.10. The van der Waals surface area contributed by atoms with Crippen molar-refractivity contribution < 1.29 is 18.0 Å². The summed E-state index contributed by atoms with van der Waals surface area (Å²) in [7, 11) is 0. The van der Waals surface area contributed by atoms with Gasteiger partial charge in [0.2, 0.25) is 5.91 Å². The Morgan fingerprint density at radius 2 is 1.86 bits per heavy atom. The Hall–Kier alpha value is -2.37. The van der Waals surface area contributed by atoms with Gasteiger partial charge in [-0.15, -0.1) is 0 Å². The molecule has 2 aromatic rings. The number of pyridine rings is 1. The fourth-order valence-corrected chi connectivity index (χ4v) is 3.69. The molecule has 1 aromatic heterocycles. The molecule has 3 rings (SSSR count). The van der Waals surface area contributed by atoms with Gasteiger partial charge in [0, 0.05) is 36.3 Å². The van der Waals surface area contributed by atoms with Crippen molar-refractivity contribution in [2.24, 2.45) is 5.92 Å². The fourth-order valence-electron chi connectivity index (χ4n) is 3.69. The Morgan fingerprint density at radius 3 is 2.46 bits per heavy atom. The second-order valence-corrected chi connectivity index (χ2v) is 7.84. The van der Waals surface area contributed by atoms with Gasteiger partial charge in [-0.3, -0.25) is 9.78 Å². The third-order valence-electron chi connectivity index (χ3n) is 5.13. The molecule has 150 valence electrons. The van der Waals surface area contributed by atoms with E-state index < -0.39 is 11.7 Å². The number of likely N-dealkylation sites (tertiary alicyclic amines) is 1. The van der Waals surface area contributed by atoms with Gasteiger partial charge in [-0.1, -0.05) is 26.0 Å². The van der Waals surface area contributed by atoms with Gasteiger partial charge < -0.3 is 4.90 Å². The van der Waals surface area contributed by atoms with Gasteiger partial charge in [0.1, 0.15) is 0 Å². The molecule has 0 N–H and O–H groups in total. The second kappa shape index (κ2) is 7.94. The van der Waals surface area contributed by atoms with Gasteiger partial charge in [0.25, 0.3) is 0 Å². The number of rotatable bonds is 4. The number of aryl methyl sites for hydroxylation is 1. The van der Waals surface area contributed by atoms with Gasteiger partial charge in [0.05, 0.1) is 5.56 Å². The Bertz CT molecular complexity index is 844. The van der Waals surface area contributed by atoms with Crippen LogP contribution in [0.4, 0.5) is 13.2 Å². The molecule has 1 saturated heterocycles. The SMILES string of the molecule is Cc1cc(Cc2ccc(C(F)(F)F)cc2)cc([C@@H]2CCN(C(=O)C(C)C)C2)n1. The highest BCUT2D eigenvalue weighted by molar-refractivity contribution is 5.78. The van der Waals surface area contributed by atoms with E-state index in [1.165, 1.54) is 12.1 Å². The number of hydrogen-bond donors (Lipinski definition) is 0. The molecule has 2 heterocycles. The lowest BCUT2D eigenvalue weighted by atomic mass is 9.98. The van der Waals surface area contributed by atoms with Crippen molar-refractivity contribution in [1.82, 2.24) is 9.88 Å². The molecule has 1 fully saturated rings. The minimum Gasteiger partial charge on any atom is -0.342 e. The smallest absolute Gasteiger partial charge is 0.342 e. The highest BCUT2D eigenvalue weighted by atomic mass is 19.4. The van der Waals surface area contributed by atoms with Crippen LogP contribution < -0.4 is 0 Å². The van der Waals surface area contributed by atoms with Gasteiger partial charge in [-0.2, -0.15) is 13.2 Å². The van der Waals surface area contributed by atoms with Crippen LogP contribution in [0.25, 0.3) is 0 Å². The van der Waals surface area contributed by atoms with Crippen LogP contribution in [0.2, 0.25) is 0 Å². The summed E-state index contributed by atoms with van der Waals surface area (Å²) >= 11 is 0. The maximum atomic E-state index is 12.7. The maximum Gasteiger partial charge on any atom is 0.416 e. The summed E-state index contributed by atoms with van der Waals surface area (Å²) in [6, 6.07) is 9.28. The zero-order valence-corrected chi connectivity index (χ0v) is 16.4. The molecule has 0 saturated carbocycles. The van der Waals surface area contributed by atoms with Crippen molar-refractivity contribution in [3.8, 4) is 0 Å². The average molecular weight is 390 g/mol. The van der Waals surface area contributed by atoms with Gasteiger partial charge >= 0.3 is 6.18 Å². The Kier molecular flexibility index (Phi) is 5.77.